The van der Waals surface area contributed by atoms with Crippen LogP contribution in [0.15, 0.2) is 24.3 Å². The van der Waals surface area contributed by atoms with Crippen LogP contribution in [0.5, 0.6) is 0 Å². The van der Waals surface area contributed by atoms with E-state index in [1.165, 1.54) is 18.4 Å². The van der Waals surface area contributed by atoms with Crippen molar-refractivity contribution < 1.29 is 9.90 Å². The smallest absolute Gasteiger partial charge is 0.326 e. The third-order valence-electron chi connectivity index (χ3n) is 3.48. The van der Waals surface area contributed by atoms with Gasteiger partial charge in [0.2, 0.25) is 0 Å². The monoisotopic (exact) mass is 263 g/mol. The van der Waals surface area contributed by atoms with Gasteiger partial charge in [0.1, 0.15) is 6.04 Å². The summed E-state index contributed by atoms with van der Waals surface area (Å²) in [7, 11) is 0. The first kappa shape index (κ1) is 15.5. The minimum atomic E-state index is -0.751. The highest BCUT2D eigenvalue weighted by Crippen LogP contribution is 2.20. The molecule has 0 aliphatic heterocycles. The lowest BCUT2D eigenvalue weighted by atomic mass is 10.1. The summed E-state index contributed by atoms with van der Waals surface area (Å²) in [4.78, 5) is 13.2. The Bertz CT molecular complexity index is 386. The summed E-state index contributed by atoms with van der Waals surface area (Å²) in [5, 5.41) is 9.27. The Morgan fingerprint density at radius 1 is 1.21 bits per heavy atom. The molecule has 0 radical (unpaired) electrons. The van der Waals surface area contributed by atoms with Crippen molar-refractivity contribution in [2.75, 3.05) is 11.4 Å². The number of carboxylic acids is 1. The first-order valence-electron chi connectivity index (χ1n) is 7.22. The molecule has 0 saturated carbocycles. The van der Waals surface area contributed by atoms with Crippen molar-refractivity contribution in [1.29, 1.82) is 0 Å². The maximum absolute atomic E-state index is 11.3. The van der Waals surface area contributed by atoms with Gasteiger partial charge in [0.25, 0.3) is 0 Å². The molecule has 0 amide bonds. The fraction of sp³-hybridized carbons (Fsp3) is 0.562. The van der Waals surface area contributed by atoms with Crippen molar-refractivity contribution in [3.8, 4) is 0 Å². The number of aliphatic carboxylic acids is 1. The molecule has 0 aliphatic carbocycles. The lowest BCUT2D eigenvalue weighted by Gasteiger charge is -2.29. The Morgan fingerprint density at radius 3 is 2.26 bits per heavy atom. The van der Waals surface area contributed by atoms with Crippen LogP contribution in [0.3, 0.4) is 0 Å². The molecule has 1 atom stereocenters. The van der Waals surface area contributed by atoms with Gasteiger partial charge in [-0.3, -0.25) is 0 Å². The number of likely N-dealkylation sites (N-methyl/N-ethyl adjacent to an activating group) is 1. The van der Waals surface area contributed by atoms with Crippen LogP contribution in [-0.4, -0.2) is 23.7 Å². The second-order valence-corrected chi connectivity index (χ2v) is 4.82. The van der Waals surface area contributed by atoms with Gasteiger partial charge < -0.3 is 10.0 Å². The summed E-state index contributed by atoms with van der Waals surface area (Å²) in [6.45, 7) is 6.80. The quantitative estimate of drug-likeness (QED) is 0.777. The first-order chi connectivity index (χ1) is 9.13. The topological polar surface area (TPSA) is 40.5 Å². The van der Waals surface area contributed by atoms with E-state index in [9.17, 15) is 9.90 Å². The van der Waals surface area contributed by atoms with E-state index in [1.54, 1.807) is 0 Å². The van der Waals surface area contributed by atoms with Gasteiger partial charge in [-0.2, -0.15) is 0 Å². The summed E-state index contributed by atoms with van der Waals surface area (Å²) >= 11 is 0. The first-order valence-corrected chi connectivity index (χ1v) is 7.22. The van der Waals surface area contributed by atoms with Crippen LogP contribution in [0.1, 0.15) is 45.6 Å². The summed E-state index contributed by atoms with van der Waals surface area (Å²) in [6, 6.07) is 7.87. The van der Waals surface area contributed by atoms with Gasteiger partial charge in [-0.25, -0.2) is 4.79 Å². The zero-order chi connectivity index (χ0) is 14.3. The molecule has 3 heteroatoms. The second kappa shape index (κ2) is 7.82. The van der Waals surface area contributed by atoms with Gasteiger partial charge in [-0.05, 0) is 43.9 Å². The van der Waals surface area contributed by atoms with Crippen LogP contribution in [-0.2, 0) is 11.2 Å². The van der Waals surface area contributed by atoms with Crippen LogP contribution in [0.25, 0.3) is 0 Å². The van der Waals surface area contributed by atoms with Gasteiger partial charge in [0, 0.05) is 12.2 Å². The van der Waals surface area contributed by atoms with E-state index in [1.807, 2.05) is 30.9 Å². The zero-order valence-electron chi connectivity index (χ0n) is 12.2. The molecule has 0 spiro atoms. The molecule has 0 aliphatic rings. The normalized spacial score (nSPS) is 12.2. The minimum absolute atomic E-state index is 0.438. The van der Waals surface area contributed by atoms with Crippen molar-refractivity contribution in [2.24, 2.45) is 0 Å². The van der Waals surface area contributed by atoms with E-state index in [4.69, 9.17) is 0 Å². The van der Waals surface area contributed by atoms with Gasteiger partial charge in [-0.1, -0.05) is 32.4 Å². The molecular formula is C16H25NO2. The number of carbonyl (C=O) groups is 1. The highest BCUT2D eigenvalue weighted by molar-refractivity contribution is 5.78. The van der Waals surface area contributed by atoms with Crippen LogP contribution in [0.4, 0.5) is 5.69 Å². The highest BCUT2D eigenvalue weighted by Gasteiger charge is 2.22. The predicted octanol–water partition coefficient (Wildman–Crippen LogP) is 3.72. The number of unbranched alkanes of at least 4 members (excludes halogenated alkanes) is 1. The molecule has 1 N–H and O–H groups in total. The van der Waals surface area contributed by atoms with Gasteiger partial charge >= 0.3 is 5.97 Å². The molecule has 1 rings (SSSR count). The Morgan fingerprint density at radius 2 is 1.84 bits per heavy atom. The molecule has 19 heavy (non-hydrogen) atoms. The average molecular weight is 263 g/mol. The standard InChI is InChI=1S/C16H25NO2/c1-4-7-8-13-9-11-14(12-10-13)17(6-3)15(5-2)16(18)19/h9-12,15H,4-8H2,1-3H3,(H,18,19)/t15-/m0/s1. The van der Waals surface area contributed by atoms with E-state index in [0.717, 1.165) is 12.1 Å². The van der Waals surface area contributed by atoms with E-state index in [2.05, 4.69) is 19.1 Å². The van der Waals surface area contributed by atoms with Gasteiger partial charge in [0.15, 0.2) is 0 Å². The molecule has 0 bridgehead atoms. The van der Waals surface area contributed by atoms with Crippen molar-refractivity contribution in [1.82, 2.24) is 0 Å². The van der Waals surface area contributed by atoms with Crippen molar-refractivity contribution in [3.05, 3.63) is 29.8 Å². The molecule has 0 unspecified atom stereocenters. The zero-order valence-corrected chi connectivity index (χ0v) is 12.2. The Kier molecular flexibility index (Phi) is 6.40. The number of nitrogens with zero attached hydrogens (tertiary/aromatic N) is 1. The Labute approximate surface area is 116 Å². The van der Waals surface area contributed by atoms with E-state index in [-0.39, 0.29) is 0 Å². The molecule has 0 aromatic heterocycles. The van der Waals surface area contributed by atoms with Gasteiger partial charge in [-0.15, -0.1) is 0 Å². The maximum atomic E-state index is 11.3. The molecule has 0 fully saturated rings. The van der Waals surface area contributed by atoms with Crippen LogP contribution >= 0.6 is 0 Å². The molecule has 106 valence electrons. The summed E-state index contributed by atoms with van der Waals surface area (Å²) in [6.07, 6.45) is 4.10. The number of aryl methyl sites for hydroxylation is 1. The van der Waals surface area contributed by atoms with Crippen molar-refractivity contribution >= 4 is 11.7 Å². The number of carboxylic acid groups (broad SMARTS) is 1. The summed E-state index contributed by atoms with van der Waals surface area (Å²) in [5.74, 6) is -0.751. The largest absolute Gasteiger partial charge is 0.480 e. The predicted molar refractivity (Wildman–Crippen MR) is 79.8 cm³/mol. The Balaban J connectivity index is 2.84. The number of rotatable bonds is 8. The van der Waals surface area contributed by atoms with E-state index >= 15 is 0 Å². The van der Waals surface area contributed by atoms with Crippen molar-refractivity contribution in [3.63, 3.8) is 0 Å². The minimum Gasteiger partial charge on any atom is -0.480 e. The van der Waals surface area contributed by atoms with Crippen LogP contribution in [0.2, 0.25) is 0 Å². The van der Waals surface area contributed by atoms with E-state index < -0.39 is 12.0 Å². The third kappa shape index (κ3) is 4.27. The van der Waals surface area contributed by atoms with Gasteiger partial charge in [0.05, 0.1) is 0 Å². The van der Waals surface area contributed by atoms with Crippen LogP contribution in [0, 0.1) is 0 Å². The number of anilines is 1. The number of benzene rings is 1. The molecule has 3 nitrogen and oxygen atoms in total. The number of hydrogen-bond donors (Lipinski definition) is 1. The fourth-order valence-corrected chi connectivity index (χ4v) is 2.35. The molecular weight excluding hydrogens is 238 g/mol. The molecule has 1 aromatic rings. The summed E-state index contributed by atoms with van der Waals surface area (Å²) < 4.78 is 0. The highest BCUT2D eigenvalue weighted by atomic mass is 16.4. The third-order valence-corrected chi connectivity index (χ3v) is 3.48. The molecule has 0 saturated heterocycles. The molecule has 0 heterocycles. The second-order valence-electron chi connectivity index (χ2n) is 4.82. The molecule has 1 aromatic carbocycles. The van der Waals surface area contributed by atoms with E-state index in [0.29, 0.717) is 13.0 Å². The number of hydrogen-bond acceptors (Lipinski definition) is 2. The Hall–Kier alpha value is -1.51. The van der Waals surface area contributed by atoms with Crippen molar-refractivity contribution in [2.45, 2.75) is 52.5 Å². The summed E-state index contributed by atoms with van der Waals surface area (Å²) in [5.41, 5.74) is 2.32. The lowest BCUT2D eigenvalue weighted by molar-refractivity contribution is -0.138. The SMILES string of the molecule is CCCCc1ccc(N(CC)[C@@H](CC)C(=O)O)cc1. The lowest BCUT2D eigenvalue weighted by Crippen LogP contribution is -2.40. The van der Waals surface area contributed by atoms with Crippen LogP contribution < -0.4 is 4.90 Å². The fourth-order valence-electron chi connectivity index (χ4n) is 2.35. The maximum Gasteiger partial charge on any atom is 0.326 e. The average Bonchev–Trinajstić information content (AvgIpc) is 2.42.